The molecular formula is C20H23F2N3O5S2. The molecule has 0 atom stereocenters. The van der Waals surface area contributed by atoms with Crippen molar-refractivity contribution >= 4 is 31.6 Å². The molecule has 1 aliphatic rings. The summed E-state index contributed by atoms with van der Waals surface area (Å²) >= 11 is 0. The summed E-state index contributed by atoms with van der Waals surface area (Å²) in [6.07, 6.45) is 0.384. The molecule has 0 aromatic heterocycles. The highest BCUT2D eigenvalue weighted by Gasteiger charge is 2.33. The van der Waals surface area contributed by atoms with Gasteiger partial charge in [0.25, 0.3) is 0 Å². The second-order valence-corrected chi connectivity index (χ2v) is 11.6. The fourth-order valence-corrected chi connectivity index (χ4v) is 5.89. The Morgan fingerprint density at radius 1 is 1.00 bits per heavy atom. The number of benzene rings is 2. The molecule has 0 saturated carbocycles. The number of halogens is 2. The van der Waals surface area contributed by atoms with Crippen LogP contribution in [0.3, 0.4) is 0 Å². The summed E-state index contributed by atoms with van der Waals surface area (Å²) in [7, 11) is -5.04. The van der Waals surface area contributed by atoms with Gasteiger partial charge in [0.1, 0.15) is 4.90 Å². The number of sulfonamides is 2. The van der Waals surface area contributed by atoms with Crippen LogP contribution in [0.1, 0.15) is 12.8 Å². The predicted molar refractivity (Wildman–Crippen MR) is 114 cm³/mol. The number of hydrogen-bond acceptors (Lipinski definition) is 5. The fourth-order valence-electron chi connectivity index (χ4n) is 3.37. The molecule has 1 heterocycles. The highest BCUT2D eigenvalue weighted by molar-refractivity contribution is 7.89. The second kappa shape index (κ2) is 9.22. The molecule has 174 valence electrons. The summed E-state index contributed by atoms with van der Waals surface area (Å²) < 4.78 is 79.1. The number of carbonyl (C=O) groups excluding carboxylic acids is 1. The Morgan fingerprint density at radius 3 is 2.22 bits per heavy atom. The SMILES string of the molecule is CN(C)S(=O)(=O)c1ccccc1NC(=O)C1CCN(S(=O)(=O)c2ccc(F)c(F)c2)CC1. The van der Waals surface area contributed by atoms with E-state index in [1.54, 1.807) is 12.1 Å². The van der Waals surface area contributed by atoms with Crippen LogP contribution in [0.5, 0.6) is 0 Å². The molecule has 8 nitrogen and oxygen atoms in total. The highest BCUT2D eigenvalue weighted by atomic mass is 32.2. The van der Waals surface area contributed by atoms with Crippen LogP contribution in [0.15, 0.2) is 52.3 Å². The lowest BCUT2D eigenvalue weighted by molar-refractivity contribution is -0.120. The molecule has 0 aliphatic carbocycles. The normalized spacial score (nSPS) is 16.3. The monoisotopic (exact) mass is 487 g/mol. The van der Waals surface area contributed by atoms with Crippen molar-refractivity contribution < 1.29 is 30.4 Å². The van der Waals surface area contributed by atoms with Crippen LogP contribution >= 0.6 is 0 Å². The number of anilines is 1. The van der Waals surface area contributed by atoms with E-state index in [9.17, 15) is 30.4 Å². The van der Waals surface area contributed by atoms with E-state index < -0.39 is 43.5 Å². The lowest BCUT2D eigenvalue weighted by Crippen LogP contribution is -2.41. The molecular weight excluding hydrogens is 464 g/mol. The van der Waals surface area contributed by atoms with E-state index in [2.05, 4.69) is 5.32 Å². The van der Waals surface area contributed by atoms with Gasteiger partial charge < -0.3 is 5.32 Å². The van der Waals surface area contributed by atoms with Crippen LogP contribution in [-0.4, -0.2) is 58.5 Å². The summed E-state index contributed by atoms with van der Waals surface area (Å²) in [5.74, 6) is -3.36. The molecule has 0 bridgehead atoms. The van der Waals surface area contributed by atoms with E-state index in [1.165, 1.54) is 26.2 Å². The van der Waals surface area contributed by atoms with Gasteiger partial charge in [0.2, 0.25) is 26.0 Å². The minimum Gasteiger partial charge on any atom is -0.325 e. The summed E-state index contributed by atoms with van der Waals surface area (Å²) in [5.41, 5.74) is 0.142. The zero-order chi connectivity index (χ0) is 23.7. The van der Waals surface area contributed by atoms with Crippen molar-refractivity contribution in [2.45, 2.75) is 22.6 Å². The first-order valence-corrected chi connectivity index (χ1v) is 12.6. The third-order valence-corrected chi connectivity index (χ3v) is 9.02. The number of amides is 1. The molecule has 3 rings (SSSR count). The molecule has 1 fully saturated rings. The van der Waals surface area contributed by atoms with Crippen molar-refractivity contribution in [1.29, 1.82) is 0 Å². The summed E-state index contributed by atoms with van der Waals surface area (Å²) in [5, 5.41) is 2.64. The van der Waals surface area contributed by atoms with Crippen LogP contribution in [0, 0.1) is 17.6 Å². The zero-order valence-electron chi connectivity index (χ0n) is 17.5. The lowest BCUT2D eigenvalue weighted by Gasteiger charge is -2.30. The van der Waals surface area contributed by atoms with Gasteiger partial charge in [0, 0.05) is 33.1 Å². The van der Waals surface area contributed by atoms with Gasteiger partial charge in [0.05, 0.1) is 10.6 Å². The van der Waals surface area contributed by atoms with Gasteiger partial charge in [-0.1, -0.05) is 12.1 Å². The molecule has 32 heavy (non-hydrogen) atoms. The fraction of sp³-hybridized carbons (Fsp3) is 0.350. The quantitative estimate of drug-likeness (QED) is 0.673. The molecule has 1 aliphatic heterocycles. The Kier molecular flexibility index (Phi) is 6.98. The van der Waals surface area contributed by atoms with Gasteiger partial charge in [-0.2, -0.15) is 4.31 Å². The van der Waals surface area contributed by atoms with Crippen LogP contribution < -0.4 is 5.32 Å². The Hall–Kier alpha value is -2.41. The van der Waals surface area contributed by atoms with E-state index in [4.69, 9.17) is 0 Å². The smallest absolute Gasteiger partial charge is 0.244 e. The third kappa shape index (κ3) is 4.82. The first-order chi connectivity index (χ1) is 14.9. The van der Waals surface area contributed by atoms with Gasteiger partial charge in [0.15, 0.2) is 11.6 Å². The molecule has 1 N–H and O–H groups in total. The number of rotatable bonds is 6. The van der Waals surface area contributed by atoms with E-state index in [-0.39, 0.29) is 41.4 Å². The third-order valence-electron chi connectivity index (χ3n) is 5.26. The van der Waals surface area contributed by atoms with E-state index in [0.29, 0.717) is 6.07 Å². The summed E-state index contributed by atoms with van der Waals surface area (Å²) in [4.78, 5) is 12.3. The minimum atomic E-state index is -4.03. The molecule has 0 radical (unpaired) electrons. The molecule has 2 aromatic carbocycles. The van der Waals surface area contributed by atoms with Crippen molar-refractivity contribution in [1.82, 2.24) is 8.61 Å². The largest absolute Gasteiger partial charge is 0.325 e. The first kappa shape index (κ1) is 24.2. The second-order valence-electron chi connectivity index (χ2n) is 7.53. The van der Waals surface area contributed by atoms with Gasteiger partial charge in [-0.05, 0) is 43.2 Å². The Labute approximate surface area is 185 Å². The zero-order valence-corrected chi connectivity index (χ0v) is 19.1. The van der Waals surface area contributed by atoms with Gasteiger partial charge in [-0.25, -0.2) is 29.9 Å². The topological polar surface area (TPSA) is 104 Å². The Balaban J connectivity index is 1.70. The number of nitrogens with zero attached hydrogens (tertiary/aromatic N) is 2. The molecule has 2 aromatic rings. The maximum absolute atomic E-state index is 13.5. The number of hydrogen-bond donors (Lipinski definition) is 1. The first-order valence-electron chi connectivity index (χ1n) is 9.72. The Morgan fingerprint density at radius 2 is 1.62 bits per heavy atom. The molecule has 1 saturated heterocycles. The number of para-hydroxylation sites is 1. The lowest BCUT2D eigenvalue weighted by atomic mass is 9.97. The maximum atomic E-state index is 13.5. The predicted octanol–water partition coefficient (Wildman–Crippen LogP) is 2.25. The van der Waals surface area contributed by atoms with Crippen LogP contribution in [0.2, 0.25) is 0 Å². The number of nitrogens with one attached hydrogen (secondary N) is 1. The van der Waals surface area contributed by atoms with Crippen molar-refractivity contribution in [3.8, 4) is 0 Å². The maximum Gasteiger partial charge on any atom is 0.244 e. The number of piperidine rings is 1. The van der Waals surface area contributed by atoms with Crippen molar-refractivity contribution in [2.75, 3.05) is 32.5 Å². The van der Waals surface area contributed by atoms with Crippen molar-refractivity contribution in [3.63, 3.8) is 0 Å². The average molecular weight is 488 g/mol. The molecule has 0 spiro atoms. The van der Waals surface area contributed by atoms with Crippen LogP contribution in [-0.2, 0) is 24.8 Å². The van der Waals surface area contributed by atoms with Gasteiger partial charge >= 0.3 is 0 Å². The van der Waals surface area contributed by atoms with E-state index >= 15 is 0 Å². The number of carbonyl (C=O) groups is 1. The standard InChI is InChI=1S/C20H23F2N3O5S2/c1-24(2)32(29,30)19-6-4-3-5-18(19)23-20(26)14-9-11-25(12-10-14)31(27,28)15-7-8-16(21)17(22)13-15/h3-8,13-14H,9-12H2,1-2H3,(H,23,26). The summed E-state index contributed by atoms with van der Waals surface area (Å²) in [6, 6.07) is 8.40. The highest BCUT2D eigenvalue weighted by Crippen LogP contribution is 2.28. The Bertz CT molecular complexity index is 1230. The molecule has 0 unspecified atom stereocenters. The minimum absolute atomic E-state index is 0.0110. The molecule has 1 amide bonds. The van der Waals surface area contributed by atoms with Crippen molar-refractivity contribution in [3.05, 3.63) is 54.1 Å². The van der Waals surface area contributed by atoms with Crippen LogP contribution in [0.4, 0.5) is 14.5 Å². The summed E-state index contributed by atoms with van der Waals surface area (Å²) in [6.45, 7) is 0.0219. The van der Waals surface area contributed by atoms with E-state index in [1.807, 2.05) is 0 Å². The van der Waals surface area contributed by atoms with E-state index in [0.717, 1.165) is 20.7 Å². The van der Waals surface area contributed by atoms with Gasteiger partial charge in [-0.15, -0.1) is 0 Å². The van der Waals surface area contributed by atoms with Gasteiger partial charge in [-0.3, -0.25) is 4.79 Å². The van der Waals surface area contributed by atoms with Crippen molar-refractivity contribution in [2.24, 2.45) is 5.92 Å². The average Bonchev–Trinajstić information content (AvgIpc) is 2.75. The van der Waals surface area contributed by atoms with Crippen LogP contribution in [0.25, 0.3) is 0 Å². The molecule has 12 heteroatoms.